The Labute approximate surface area is 45.2 Å². The van der Waals surface area contributed by atoms with Gasteiger partial charge in [-0.2, -0.15) is 4.79 Å². The molecule has 0 aromatic rings. The van der Waals surface area contributed by atoms with Gasteiger partial charge in [-0.15, -0.1) is 0 Å². The maximum atomic E-state index is 9.29. The standard InChI is InChI=1S/C2H2N2O2.CH2O/c3-4-1-2(5)6;1-2/h1H,(H,5,6);1H2. The van der Waals surface area contributed by atoms with Crippen LogP contribution in [0.1, 0.15) is 0 Å². The van der Waals surface area contributed by atoms with E-state index in [0.29, 0.717) is 6.21 Å². The molecule has 1 N–H and O–H groups in total. The van der Waals surface area contributed by atoms with Gasteiger partial charge in [-0.3, -0.25) is 0 Å². The fourth-order valence-electron chi connectivity index (χ4n) is 0.0494. The Morgan fingerprint density at radius 2 is 2.12 bits per heavy atom. The van der Waals surface area contributed by atoms with Gasteiger partial charge >= 0.3 is 12.2 Å². The summed E-state index contributed by atoms with van der Waals surface area (Å²) in [6, 6.07) is 0. The molecule has 0 bridgehead atoms. The van der Waals surface area contributed by atoms with Crippen LogP contribution in [-0.2, 0) is 9.59 Å². The van der Waals surface area contributed by atoms with Gasteiger partial charge in [-0.25, -0.2) is 4.79 Å². The van der Waals surface area contributed by atoms with Crippen molar-refractivity contribution in [3.05, 3.63) is 5.53 Å². The highest BCUT2D eigenvalue weighted by molar-refractivity contribution is 6.19. The SMILES string of the molecule is C=O.[N-]=[N+]=CC(=O)O. The van der Waals surface area contributed by atoms with Gasteiger partial charge < -0.3 is 15.4 Å². The average Bonchev–Trinajstić information content (AvgIpc) is 1.72. The minimum Gasteiger partial charge on any atom is -0.473 e. The lowest BCUT2D eigenvalue weighted by Gasteiger charge is -1.57. The second kappa shape index (κ2) is 9.10. The van der Waals surface area contributed by atoms with Gasteiger partial charge in [0.2, 0.25) is 0 Å². The van der Waals surface area contributed by atoms with E-state index in [1.807, 2.05) is 6.79 Å². The van der Waals surface area contributed by atoms with Crippen molar-refractivity contribution < 1.29 is 19.5 Å². The van der Waals surface area contributed by atoms with Crippen LogP contribution in [0.3, 0.4) is 0 Å². The number of nitrogens with zero attached hydrogens (tertiary/aromatic N) is 2. The molecule has 0 aliphatic heterocycles. The van der Waals surface area contributed by atoms with Crippen molar-refractivity contribution in [1.29, 1.82) is 0 Å². The van der Waals surface area contributed by atoms with Crippen LogP contribution in [-0.4, -0.2) is 28.9 Å². The summed E-state index contributed by atoms with van der Waals surface area (Å²) in [5.74, 6) is -1.25. The van der Waals surface area contributed by atoms with Crippen LogP contribution in [0.25, 0.3) is 5.53 Å². The van der Waals surface area contributed by atoms with E-state index in [9.17, 15) is 4.79 Å². The molecule has 44 valence electrons. The molecule has 0 amide bonds. The van der Waals surface area contributed by atoms with Gasteiger partial charge in [-0.05, 0) is 0 Å². The monoisotopic (exact) mass is 116 g/mol. The van der Waals surface area contributed by atoms with Crippen molar-refractivity contribution in [1.82, 2.24) is 0 Å². The quantitative estimate of drug-likeness (QED) is 0.276. The van der Waals surface area contributed by atoms with E-state index < -0.39 is 5.97 Å². The first-order chi connectivity index (χ1) is 3.77. The van der Waals surface area contributed by atoms with Gasteiger partial charge in [0, 0.05) is 0 Å². The van der Waals surface area contributed by atoms with E-state index in [0.717, 1.165) is 0 Å². The predicted molar refractivity (Wildman–Crippen MR) is 24.4 cm³/mol. The lowest BCUT2D eigenvalue weighted by Crippen LogP contribution is -1.94. The summed E-state index contributed by atoms with van der Waals surface area (Å²) in [7, 11) is 0. The van der Waals surface area contributed by atoms with E-state index in [-0.39, 0.29) is 0 Å². The van der Waals surface area contributed by atoms with Crippen molar-refractivity contribution >= 4 is 19.0 Å². The largest absolute Gasteiger partial charge is 0.473 e. The Morgan fingerprint density at radius 1 is 1.75 bits per heavy atom. The van der Waals surface area contributed by atoms with Crippen LogP contribution >= 0.6 is 0 Å². The molecule has 0 aliphatic rings. The first kappa shape index (κ1) is 9.72. The maximum absolute atomic E-state index is 9.29. The molecule has 8 heavy (non-hydrogen) atoms. The van der Waals surface area contributed by atoms with Gasteiger partial charge in [0.15, 0.2) is 0 Å². The Kier molecular flexibility index (Phi) is 11.1. The van der Waals surface area contributed by atoms with Gasteiger partial charge in [0.25, 0.3) is 0 Å². The Balaban J connectivity index is 0. The van der Waals surface area contributed by atoms with Crippen molar-refractivity contribution in [2.45, 2.75) is 0 Å². The lowest BCUT2D eigenvalue weighted by molar-refractivity contribution is -0.132. The summed E-state index contributed by atoms with van der Waals surface area (Å²) in [5.41, 5.74) is 7.43. The smallest absolute Gasteiger partial charge is 0.411 e. The summed E-state index contributed by atoms with van der Waals surface area (Å²) in [6.45, 7) is 2.00. The van der Waals surface area contributed by atoms with E-state index in [4.69, 9.17) is 15.4 Å². The summed E-state index contributed by atoms with van der Waals surface area (Å²) in [6.07, 6.45) is 0.389. The zero-order valence-electron chi connectivity index (χ0n) is 3.94. The molecule has 0 aromatic carbocycles. The van der Waals surface area contributed by atoms with Crippen LogP contribution in [0.4, 0.5) is 0 Å². The zero-order valence-corrected chi connectivity index (χ0v) is 3.94. The van der Waals surface area contributed by atoms with Gasteiger partial charge in [0.1, 0.15) is 6.79 Å². The Hall–Kier alpha value is -1.48. The highest BCUT2D eigenvalue weighted by Gasteiger charge is 1.88. The van der Waals surface area contributed by atoms with Crippen molar-refractivity contribution in [2.24, 2.45) is 0 Å². The number of carboxylic acid groups (broad SMARTS) is 1. The normalized spacial score (nSPS) is 5.00. The molecule has 0 fully saturated rings. The second-order valence-corrected chi connectivity index (χ2v) is 0.583. The zero-order chi connectivity index (χ0) is 6.99. The molecule has 0 aromatic heterocycles. The highest BCUT2D eigenvalue weighted by atomic mass is 16.4. The van der Waals surface area contributed by atoms with Crippen LogP contribution in [0, 0.1) is 0 Å². The molecule has 0 saturated heterocycles. The van der Waals surface area contributed by atoms with E-state index >= 15 is 0 Å². The third-order valence-electron chi connectivity index (χ3n) is 0.168. The average molecular weight is 116 g/mol. The number of carboxylic acids is 1. The Bertz CT molecular complexity index is 116. The molecule has 0 radical (unpaired) electrons. The molecule has 0 saturated carbocycles. The summed E-state index contributed by atoms with van der Waals surface area (Å²) >= 11 is 0. The molecule has 0 unspecified atom stereocenters. The van der Waals surface area contributed by atoms with Gasteiger partial charge in [-0.1, -0.05) is 0 Å². The van der Waals surface area contributed by atoms with Crippen LogP contribution in [0.2, 0.25) is 0 Å². The maximum Gasteiger partial charge on any atom is 0.411 e. The topological polar surface area (TPSA) is 90.8 Å². The van der Waals surface area contributed by atoms with Crippen LogP contribution < -0.4 is 0 Å². The third-order valence-corrected chi connectivity index (χ3v) is 0.168. The molecule has 0 rings (SSSR count). The van der Waals surface area contributed by atoms with Gasteiger partial charge in [0.05, 0.1) is 0 Å². The number of carbonyl (C=O) groups excluding carboxylic acids is 1. The number of hydrogen-bond donors (Lipinski definition) is 1. The minimum absolute atomic E-state index is 0.389. The first-order valence-corrected chi connectivity index (χ1v) is 1.46. The number of aliphatic carboxylic acids is 1. The Morgan fingerprint density at radius 3 is 2.12 bits per heavy atom. The third kappa shape index (κ3) is 24.2. The van der Waals surface area contributed by atoms with Crippen molar-refractivity contribution in [3.8, 4) is 0 Å². The number of rotatable bonds is 1. The minimum atomic E-state index is -1.25. The predicted octanol–water partition coefficient (Wildman–Crippen LogP) is -0.813. The molecule has 0 heterocycles. The molecular weight excluding hydrogens is 112 g/mol. The highest BCUT2D eigenvalue weighted by Crippen LogP contribution is 1.41. The molecule has 5 heteroatoms. The van der Waals surface area contributed by atoms with E-state index in [1.54, 1.807) is 0 Å². The first-order valence-electron chi connectivity index (χ1n) is 1.46. The summed E-state index contributed by atoms with van der Waals surface area (Å²) in [5, 5.41) is 7.60. The second-order valence-electron chi connectivity index (χ2n) is 0.583. The molecular formula is C3H4N2O3. The van der Waals surface area contributed by atoms with Crippen molar-refractivity contribution in [3.63, 3.8) is 0 Å². The van der Waals surface area contributed by atoms with Crippen LogP contribution in [0.15, 0.2) is 0 Å². The lowest BCUT2D eigenvalue weighted by atomic mass is 10.8. The summed E-state index contributed by atoms with van der Waals surface area (Å²) < 4.78 is 0. The fourth-order valence-corrected chi connectivity index (χ4v) is 0.0494. The number of carbonyl (C=O) groups is 2. The fraction of sp³-hybridized carbons (Fsp3) is 0. The number of hydrogen-bond acceptors (Lipinski definition) is 2. The molecule has 5 nitrogen and oxygen atoms in total. The van der Waals surface area contributed by atoms with Crippen molar-refractivity contribution in [2.75, 3.05) is 0 Å². The van der Waals surface area contributed by atoms with Crippen LogP contribution in [0.5, 0.6) is 0 Å². The van der Waals surface area contributed by atoms with E-state index in [2.05, 4.69) is 4.79 Å². The summed E-state index contributed by atoms with van der Waals surface area (Å²) in [4.78, 5) is 19.5. The molecule has 0 aliphatic carbocycles. The molecule has 0 atom stereocenters. The molecule has 0 spiro atoms. The van der Waals surface area contributed by atoms with E-state index in [1.165, 1.54) is 0 Å².